The van der Waals surface area contributed by atoms with Crippen molar-refractivity contribution in [2.75, 3.05) is 51.6 Å². The molecule has 180 valence electrons. The summed E-state index contributed by atoms with van der Waals surface area (Å²) in [5.74, 6) is -3.62. The number of carboxylic acids is 1. The highest BCUT2D eigenvalue weighted by Gasteiger charge is 2.24. The number of anilines is 1. The first-order valence-corrected chi connectivity index (χ1v) is 11.3. The standard InChI is InChI=1S/C20H24ClF2N5O4S/c1-27-5-7-28(8-6-27)4-2-3-24-20(31)25-18-16(19(29)30)17(26-33-18)32-11-13-14(22)9-12(21)10-15(13)23/h9-10H,2-8,11H2,1H3,(H,29,30)(H2,24,25,31). The number of rotatable bonds is 9. The van der Waals surface area contributed by atoms with Gasteiger partial charge in [-0.3, -0.25) is 5.32 Å². The predicted octanol–water partition coefficient (Wildman–Crippen LogP) is 3.11. The van der Waals surface area contributed by atoms with Crippen LogP contribution in [0.2, 0.25) is 5.02 Å². The molecule has 13 heteroatoms. The predicted molar refractivity (Wildman–Crippen MR) is 120 cm³/mol. The van der Waals surface area contributed by atoms with E-state index in [1.54, 1.807) is 0 Å². The van der Waals surface area contributed by atoms with Crippen LogP contribution in [0, 0.1) is 11.6 Å². The SMILES string of the molecule is CN1CCN(CCCNC(=O)Nc2snc(OCc3c(F)cc(Cl)cc3F)c2C(=O)O)CC1. The monoisotopic (exact) mass is 503 g/mol. The highest BCUT2D eigenvalue weighted by Crippen LogP contribution is 2.31. The first-order valence-electron chi connectivity index (χ1n) is 10.2. The van der Waals surface area contributed by atoms with Crippen molar-refractivity contribution in [2.45, 2.75) is 13.0 Å². The van der Waals surface area contributed by atoms with Gasteiger partial charge in [0.2, 0.25) is 5.88 Å². The smallest absolute Gasteiger partial charge is 0.344 e. The van der Waals surface area contributed by atoms with Crippen LogP contribution in [-0.4, -0.2) is 77.6 Å². The number of nitrogens with one attached hydrogen (secondary N) is 2. The second-order valence-corrected chi connectivity index (χ2v) is 8.72. The number of nitrogens with zero attached hydrogens (tertiary/aromatic N) is 3. The molecule has 0 atom stereocenters. The van der Waals surface area contributed by atoms with Crippen LogP contribution in [0.3, 0.4) is 0 Å². The quantitative estimate of drug-likeness (QED) is 0.451. The summed E-state index contributed by atoms with van der Waals surface area (Å²) in [7, 11) is 2.08. The molecule has 1 fully saturated rings. The third kappa shape index (κ3) is 6.97. The lowest BCUT2D eigenvalue weighted by atomic mass is 10.2. The summed E-state index contributed by atoms with van der Waals surface area (Å²) in [5, 5.41) is 14.5. The van der Waals surface area contributed by atoms with Crippen LogP contribution in [-0.2, 0) is 6.61 Å². The Bertz CT molecular complexity index is 978. The maximum atomic E-state index is 13.9. The molecule has 1 saturated heterocycles. The summed E-state index contributed by atoms with van der Waals surface area (Å²) in [6, 6.07) is 1.26. The van der Waals surface area contributed by atoms with Gasteiger partial charge < -0.3 is 25.0 Å². The fourth-order valence-electron chi connectivity index (χ4n) is 3.22. The highest BCUT2D eigenvalue weighted by atomic mass is 35.5. The number of carboxylic acid groups (broad SMARTS) is 1. The first-order chi connectivity index (χ1) is 15.7. The van der Waals surface area contributed by atoms with Crippen LogP contribution in [0.1, 0.15) is 22.3 Å². The first kappa shape index (κ1) is 25.1. The molecule has 0 spiro atoms. The molecule has 1 aliphatic heterocycles. The van der Waals surface area contributed by atoms with Gasteiger partial charge in [0.05, 0.1) is 5.56 Å². The molecule has 1 aromatic heterocycles. The van der Waals surface area contributed by atoms with Crippen molar-refractivity contribution in [3.8, 4) is 5.88 Å². The zero-order chi connectivity index (χ0) is 24.0. The summed E-state index contributed by atoms with van der Waals surface area (Å²) in [6.45, 7) is 4.66. The molecule has 3 N–H and O–H groups in total. The third-order valence-corrected chi connectivity index (χ3v) is 6.06. The molecular formula is C20H24ClF2N5O4S. The van der Waals surface area contributed by atoms with Gasteiger partial charge in [-0.15, -0.1) is 0 Å². The van der Waals surface area contributed by atoms with Crippen LogP contribution < -0.4 is 15.4 Å². The van der Waals surface area contributed by atoms with Gasteiger partial charge in [-0.2, -0.15) is 4.37 Å². The van der Waals surface area contributed by atoms with E-state index in [-0.39, 0.29) is 15.9 Å². The van der Waals surface area contributed by atoms with E-state index in [9.17, 15) is 23.5 Å². The number of benzene rings is 1. The summed E-state index contributed by atoms with van der Waals surface area (Å²) in [5.41, 5.74) is -0.821. The summed E-state index contributed by atoms with van der Waals surface area (Å²) in [4.78, 5) is 28.4. The van der Waals surface area contributed by atoms with Gasteiger partial charge in [-0.05, 0) is 43.7 Å². The number of carbonyl (C=O) groups is 2. The minimum atomic E-state index is -1.40. The molecule has 3 rings (SSSR count). The number of halogens is 3. The Kier molecular flexibility index (Phi) is 8.78. The lowest BCUT2D eigenvalue weighted by Gasteiger charge is -2.32. The fraction of sp³-hybridized carbons (Fsp3) is 0.450. The number of aromatic carboxylic acids is 1. The Morgan fingerprint density at radius 1 is 1.24 bits per heavy atom. The molecule has 2 aromatic rings. The molecule has 1 aliphatic rings. The van der Waals surface area contributed by atoms with E-state index >= 15 is 0 Å². The average molecular weight is 504 g/mol. The van der Waals surface area contributed by atoms with Gasteiger partial charge in [0, 0.05) is 37.7 Å². The molecule has 0 bridgehead atoms. The Labute approximate surface area is 198 Å². The fourth-order valence-corrected chi connectivity index (χ4v) is 4.14. The summed E-state index contributed by atoms with van der Waals surface area (Å²) < 4.78 is 36.9. The minimum absolute atomic E-state index is 0.0499. The Hall–Kier alpha value is -2.54. The normalized spacial score (nSPS) is 14.8. The number of ether oxygens (including phenoxy) is 1. The number of amides is 2. The van der Waals surface area contributed by atoms with E-state index in [1.807, 2.05) is 0 Å². The van der Waals surface area contributed by atoms with E-state index < -0.39 is 41.4 Å². The topological polar surface area (TPSA) is 107 Å². The van der Waals surface area contributed by atoms with Gasteiger partial charge in [0.1, 0.15) is 23.2 Å². The van der Waals surface area contributed by atoms with Gasteiger partial charge in [0.25, 0.3) is 0 Å². The van der Waals surface area contributed by atoms with Crippen molar-refractivity contribution in [1.29, 1.82) is 0 Å². The van der Waals surface area contributed by atoms with Crippen molar-refractivity contribution in [3.05, 3.63) is 39.9 Å². The van der Waals surface area contributed by atoms with Gasteiger partial charge in [-0.25, -0.2) is 18.4 Å². The number of piperazine rings is 1. The van der Waals surface area contributed by atoms with E-state index in [0.717, 1.165) is 51.3 Å². The molecule has 9 nitrogen and oxygen atoms in total. The number of aromatic nitrogens is 1. The van der Waals surface area contributed by atoms with E-state index in [0.29, 0.717) is 18.1 Å². The molecule has 2 heterocycles. The van der Waals surface area contributed by atoms with E-state index in [4.69, 9.17) is 16.3 Å². The molecular weight excluding hydrogens is 480 g/mol. The number of likely N-dealkylation sites (N-methyl/N-ethyl adjacent to an activating group) is 1. The lowest BCUT2D eigenvalue weighted by Crippen LogP contribution is -2.45. The minimum Gasteiger partial charge on any atom is -0.477 e. The van der Waals surface area contributed by atoms with Crippen LogP contribution in [0.4, 0.5) is 18.6 Å². The van der Waals surface area contributed by atoms with Crippen molar-refractivity contribution < 1.29 is 28.2 Å². The van der Waals surface area contributed by atoms with Crippen LogP contribution in [0.25, 0.3) is 0 Å². The van der Waals surface area contributed by atoms with Crippen molar-refractivity contribution in [1.82, 2.24) is 19.5 Å². The number of hydrogen-bond acceptors (Lipinski definition) is 7. The number of urea groups is 1. The average Bonchev–Trinajstić information content (AvgIpc) is 3.14. The van der Waals surface area contributed by atoms with E-state index in [1.165, 1.54) is 0 Å². The number of carbonyl (C=O) groups excluding carboxylic acids is 1. The van der Waals surface area contributed by atoms with Gasteiger partial charge in [0.15, 0.2) is 5.56 Å². The third-order valence-electron chi connectivity index (χ3n) is 5.09. The van der Waals surface area contributed by atoms with Crippen molar-refractivity contribution in [2.24, 2.45) is 0 Å². The maximum absolute atomic E-state index is 13.9. The summed E-state index contributed by atoms with van der Waals surface area (Å²) >= 11 is 6.28. The molecule has 33 heavy (non-hydrogen) atoms. The molecule has 0 saturated carbocycles. The van der Waals surface area contributed by atoms with Crippen LogP contribution in [0.15, 0.2) is 12.1 Å². The Balaban J connectivity index is 1.52. The number of hydrogen-bond donors (Lipinski definition) is 3. The zero-order valence-corrected chi connectivity index (χ0v) is 19.4. The van der Waals surface area contributed by atoms with Gasteiger partial charge in [-0.1, -0.05) is 11.6 Å². The largest absolute Gasteiger partial charge is 0.477 e. The van der Waals surface area contributed by atoms with Crippen LogP contribution >= 0.6 is 23.1 Å². The van der Waals surface area contributed by atoms with Crippen LogP contribution in [0.5, 0.6) is 5.88 Å². The Morgan fingerprint density at radius 2 is 1.91 bits per heavy atom. The zero-order valence-electron chi connectivity index (χ0n) is 17.9. The van der Waals surface area contributed by atoms with Crippen molar-refractivity contribution in [3.63, 3.8) is 0 Å². The second-order valence-electron chi connectivity index (χ2n) is 7.51. The lowest BCUT2D eigenvalue weighted by molar-refractivity contribution is 0.0693. The molecule has 1 aromatic carbocycles. The van der Waals surface area contributed by atoms with E-state index in [2.05, 4.69) is 31.9 Å². The Morgan fingerprint density at radius 3 is 2.55 bits per heavy atom. The molecule has 2 amide bonds. The molecule has 0 unspecified atom stereocenters. The van der Waals surface area contributed by atoms with Gasteiger partial charge >= 0.3 is 12.0 Å². The van der Waals surface area contributed by atoms with Crippen molar-refractivity contribution >= 4 is 40.1 Å². The second kappa shape index (κ2) is 11.5. The maximum Gasteiger partial charge on any atom is 0.344 e. The molecule has 0 radical (unpaired) electrons. The molecule has 0 aliphatic carbocycles. The highest BCUT2D eigenvalue weighted by molar-refractivity contribution is 7.11. The summed E-state index contributed by atoms with van der Waals surface area (Å²) in [6.07, 6.45) is 0.748.